The topological polar surface area (TPSA) is 70.2 Å². The summed E-state index contributed by atoms with van der Waals surface area (Å²) in [7, 11) is 0. The average Bonchev–Trinajstić information content (AvgIpc) is 2.71. The predicted octanol–water partition coefficient (Wildman–Crippen LogP) is 3.19. The second-order valence-electron chi connectivity index (χ2n) is 4.87. The monoisotopic (exact) mass is 291 g/mol. The molecule has 0 radical (unpaired) electrons. The molecule has 20 heavy (non-hydrogen) atoms. The normalized spacial score (nSPS) is 19.2. The Morgan fingerprint density at radius 2 is 2.30 bits per heavy atom. The molecule has 1 atom stereocenters. The fraction of sp³-hybridized carbons (Fsp3) is 0.500. The Morgan fingerprint density at radius 3 is 2.95 bits per heavy atom. The van der Waals surface area contributed by atoms with E-state index in [2.05, 4.69) is 11.2 Å². The summed E-state index contributed by atoms with van der Waals surface area (Å²) in [5.74, 6) is 0. The summed E-state index contributed by atoms with van der Waals surface area (Å²) in [5, 5.41) is 20.6. The third-order valence-corrected chi connectivity index (χ3v) is 4.65. The van der Waals surface area contributed by atoms with Crippen molar-refractivity contribution in [3.8, 4) is 6.07 Å². The highest BCUT2D eigenvalue weighted by atomic mass is 32.2. The third-order valence-electron chi connectivity index (χ3n) is 3.60. The highest BCUT2D eigenvalue weighted by Crippen LogP contribution is 2.32. The number of anilines is 1. The fourth-order valence-corrected chi connectivity index (χ4v) is 3.25. The van der Waals surface area contributed by atoms with Gasteiger partial charge in [-0.2, -0.15) is 17.0 Å². The maximum Gasteiger partial charge on any atom is 0.293 e. The van der Waals surface area contributed by atoms with Gasteiger partial charge in [-0.1, -0.05) is 6.42 Å². The minimum absolute atomic E-state index is 0.0332. The Bertz CT molecular complexity index is 542. The Balaban J connectivity index is 2.35. The van der Waals surface area contributed by atoms with Crippen LogP contribution in [0.5, 0.6) is 0 Å². The molecular formula is C14H17N3O2S. The lowest BCUT2D eigenvalue weighted by Crippen LogP contribution is -2.30. The Kier molecular flexibility index (Phi) is 4.85. The zero-order valence-corrected chi connectivity index (χ0v) is 12.2. The molecule has 0 saturated carbocycles. The SMILES string of the molecule is CSC1CCCCN(c2ccc(C#N)cc2[N+](=O)[O-])C1. The number of hydrogen-bond donors (Lipinski definition) is 0. The van der Waals surface area contributed by atoms with Gasteiger partial charge in [0.15, 0.2) is 0 Å². The number of nitrogens with zero attached hydrogens (tertiary/aromatic N) is 3. The van der Waals surface area contributed by atoms with Gasteiger partial charge in [0.05, 0.1) is 16.6 Å². The lowest BCUT2D eigenvalue weighted by atomic mass is 10.1. The van der Waals surface area contributed by atoms with Gasteiger partial charge in [-0.3, -0.25) is 10.1 Å². The van der Waals surface area contributed by atoms with Crippen molar-refractivity contribution in [2.75, 3.05) is 24.2 Å². The molecule has 1 aromatic carbocycles. The van der Waals surface area contributed by atoms with Gasteiger partial charge in [-0.15, -0.1) is 0 Å². The first-order valence-electron chi connectivity index (χ1n) is 6.62. The molecule has 1 aliphatic rings. The molecule has 2 rings (SSSR count). The summed E-state index contributed by atoms with van der Waals surface area (Å²) in [6.07, 6.45) is 5.45. The summed E-state index contributed by atoms with van der Waals surface area (Å²) in [4.78, 5) is 12.9. The van der Waals surface area contributed by atoms with Crippen LogP contribution in [0.3, 0.4) is 0 Å². The molecule has 5 nitrogen and oxygen atoms in total. The molecule has 1 fully saturated rings. The second kappa shape index (κ2) is 6.62. The molecule has 0 bridgehead atoms. The van der Waals surface area contributed by atoms with Crippen LogP contribution < -0.4 is 4.90 Å². The Hall–Kier alpha value is -1.74. The zero-order valence-electron chi connectivity index (χ0n) is 11.4. The van der Waals surface area contributed by atoms with Gasteiger partial charge in [0.25, 0.3) is 5.69 Å². The third kappa shape index (κ3) is 3.23. The maximum atomic E-state index is 11.2. The zero-order chi connectivity index (χ0) is 14.5. The van der Waals surface area contributed by atoms with Crippen molar-refractivity contribution in [3.63, 3.8) is 0 Å². The molecule has 6 heteroatoms. The fourth-order valence-electron chi connectivity index (χ4n) is 2.52. The smallest absolute Gasteiger partial charge is 0.293 e. The van der Waals surface area contributed by atoms with Crippen LogP contribution in [0.15, 0.2) is 18.2 Å². The van der Waals surface area contributed by atoms with Crippen LogP contribution in [0.1, 0.15) is 24.8 Å². The van der Waals surface area contributed by atoms with Crippen molar-refractivity contribution in [2.24, 2.45) is 0 Å². The van der Waals surface area contributed by atoms with Crippen molar-refractivity contribution in [2.45, 2.75) is 24.5 Å². The number of rotatable bonds is 3. The molecule has 106 valence electrons. The van der Waals surface area contributed by atoms with Crippen LogP contribution in [0.4, 0.5) is 11.4 Å². The molecule has 1 aromatic rings. The maximum absolute atomic E-state index is 11.2. The van der Waals surface area contributed by atoms with E-state index < -0.39 is 4.92 Å². The van der Waals surface area contributed by atoms with Gasteiger partial charge in [-0.05, 0) is 31.2 Å². The molecule has 0 spiro atoms. The van der Waals surface area contributed by atoms with Crippen LogP contribution in [0.2, 0.25) is 0 Å². The summed E-state index contributed by atoms with van der Waals surface area (Å²) in [6.45, 7) is 1.66. The minimum Gasteiger partial charge on any atom is -0.365 e. The van der Waals surface area contributed by atoms with E-state index in [1.54, 1.807) is 12.1 Å². The molecule has 1 saturated heterocycles. The van der Waals surface area contributed by atoms with Gasteiger partial charge < -0.3 is 4.90 Å². The van der Waals surface area contributed by atoms with E-state index in [0.29, 0.717) is 16.5 Å². The number of nitro benzene ring substituents is 1. The minimum atomic E-state index is -0.394. The lowest BCUT2D eigenvalue weighted by molar-refractivity contribution is -0.384. The van der Waals surface area contributed by atoms with Crippen molar-refractivity contribution in [3.05, 3.63) is 33.9 Å². The largest absolute Gasteiger partial charge is 0.365 e. The van der Waals surface area contributed by atoms with Crippen LogP contribution in [0.25, 0.3) is 0 Å². The number of hydrogen-bond acceptors (Lipinski definition) is 5. The first-order chi connectivity index (χ1) is 9.65. The van der Waals surface area contributed by atoms with Crippen molar-refractivity contribution >= 4 is 23.1 Å². The number of benzene rings is 1. The van der Waals surface area contributed by atoms with Gasteiger partial charge >= 0.3 is 0 Å². The summed E-state index contributed by atoms with van der Waals surface area (Å²) < 4.78 is 0. The van der Waals surface area contributed by atoms with Gasteiger partial charge in [0, 0.05) is 24.4 Å². The lowest BCUT2D eigenvalue weighted by Gasteiger charge is -2.25. The van der Waals surface area contributed by atoms with E-state index in [9.17, 15) is 10.1 Å². The predicted molar refractivity (Wildman–Crippen MR) is 81.2 cm³/mol. The first-order valence-corrected chi connectivity index (χ1v) is 7.90. The van der Waals surface area contributed by atoms with E-state index in [4.69, 9.17) is 5.26 Å². The van der Waals surface area contributed by atoms with E-state index in [-0.39, 0.29) is 5.69 Å². The van der Waals surface area contributed by atoms with Gasteiger partial charge in [0.2, 0.25) is 0 Å². The van der Waals surface area contributed by atoms with Gasteiger partial charge in [0.1, 0.15) is 5.69 Å². The highest BCUT2D eigenvalue weighted by Gasteiger charge is 2.24. The van der Waals surface area contributed by atoms with E-state index >= 15 is 0 Å². The first kappa shape index (κ1) is 14.7. The van der Waals surface area contributed by atoms with Crippen molar-refractivity contribution in [1.82, 2.24) is 0 Å². The Labute approximate surface area is 122 Å². The molecular weight excluding hydrogens is 274 g/mol. The van der Waals surface area contributed by atoms with Gasteiger partial charge in [-0.25, -0.2) is 0 Å². The molecule has 1 heterocycles. The molecule has 1 aliphatic heterocycles. The van der Waals surface area contributed by atoms with Crippen LogP contribution in [-0.2, 0) is 0 Å². The molecule has 0 amide bonds. The summed E-state index contributed by atoms with van der Waals surface area (Å²) >= 11 is 1.82. The molecule has 0 N–H and O–H groups in total. The van der Waals surface area contributed by atoms with Crippen LogP contribution in [0, 0.1) is 21.4 Å². The van der Waals surface area contributed by atoms with Crippen molar-refractivity contribution < 1.29 is 4.92 Å². The number of nitro groups is 1. The summed E-state index contributed by atoms with van der Waals surface area (Å²) in [6, 6.07) is 6.69. The molecule has 0 aliphatic carbocycles. The van der Waals surface area contributed by atoms with E-state index in [1.165, 1.54) is 6.07 Å². The molecule has 0 aromatic heterocycles. The average molecular weight is 291 g/mol. The van der Waals surface area contributed by atoms with Crippen molar-refractivity contribution in [1.29, 1.82) is 5.26 Å². The standard InChI is InChI=1S/C14H17N3O2S/c1-20-12-4-2-3-7-16(10-12)13-6-5-11(9-15)8-14(13)17(18)19/h5-6,8,12H,2-4,7,10H2,1H3. The van der Waals surface area contributed by atoms with E-state index in [1.807, 2.05) is 17.8 Å². The summed E-state index contributed by atoms with van der Waals surface area (Å²) in [5.41, 5.74) is 0.998. The quantitative estimate of drug-likeness (QED) is 0.632. The second-order valence-corrected chi connectivity index (χ2v) is 6.01. The number of nitriles is 1. The number of thioether (sulfide) groups is 1. The van der Waals surface area contributed by atoms with E-state index in [0.717, 1.165) is 32.4 Å². The highest BCUT2D eigenvalue weighted by molar-refractivity contribution is 7.99. The van der Waals surface area contributed by atoms with Crippen LogP contribution >= 0.6 is 11.8 Å². The van der Waals surface area contributed by atoms with Crippen LogP contribution in [-0.4, -0.2) is 29.5 Å². The molecule has 1 unspecified atom stereocenters. The Morgan fingerprint density at radius 1 is 1.50 bits per heavy atom.